The molecule has 0 saturated carbocycles. The van der Waals surface area contributed by atoms with Gasteiger partial charge < -0.3 is 0 Å². The lowest BCUT2D eigenvalue weighted by Crippen LogP contribution is -1.99. The molecule has 0 radical (unpaired) electrons. The molecule has 0 heterocycles. The Balaban J connectivity index is 0.924. The molecule has 90 heavy (non-hydrogen) atoms. The summed E-state index contributed by atoms with van der Waals surface area (Å²) in [5.41, 5.74) is 25.8. The molecule has 0 saturated heterocycles. The van der Waals surface area contributed by atoms with Crippen LogP contribution in [0.5, 0.6) is 0 Å². The van der Waals surface area contributed by atoms with Gasteiger partial charge in [-0.15, -0.1) is 0 Å². The van der Waals surface area contributed by atoms with E-state index < -0.39 is 0 Å². The highest BCUT2D eigenvalue weighted by molar-refractivity contribution is 6.10. The Bertz CT molecular complexity index is 3670. The Morgan fingerprint density at radius 3 is 0.433 bits per heavy atom. The van der Waals surface area contributed by atoms with E-state index in [4.69, 9.17) is 0 Å². The Hall–Kier alpha value is -7.02. The highest BCUT2D eigenvalue weighted by Crippen LogP contribution is 2.46. The van der Waals surface area contributed by atoms with Crippen LogP contribution in [0.25, 0.3) is 99.1 Å². The zero-order chi connectivity index (χ0) is 60.5. The SMILES string of the molecule is c1ccc(-c2c3ccc4c(-c5ccc(-c6c7ccc8c(-c9ccc(-c%10c%11ccc%12c(-c%13ccccc%13)c(ccc%10%12)CCCCCCCCCCCC%11)cc9)c(ccc68)CCCCCCCCCCCC7)cc5)c(ccc24)CCCCCCCCCCCC3)cc1. The van der Waals surface area contributed by atoms with Crippen molar-refractivity contribution in [1.29, 1.82) is 0 Å². The molecule has 0 aliphatic heterocycles. The maximum Gasteiger partial charge on any atom is -0.00731 e. The predicted molar refractivity (Wildman–Crippen MR) is 392 cm³/mol. The van der Waals surface area contributed by atoms with Gasteiger partial charge in [-0.25, -0.2) is 0 Å². The van der Waals surface area contributed by atoms with Gasteiger partial charge in [0.1, 0.15) is 0 Å². The van der Waals surface area contributed by atoms with E-state index in [1.807, 2.05) is 0 Å². The first-order valence-corrected chi connectivity index (χ1v) is 36.8. The molecule has 0 aromatic heterocycles. The van der Waals surface area contributed by atoms with E-state index in [9.17, 15) is 0 Å². The summed E-state index contributed by atoms with van der Waals surface area (Å²) in [5, 5.41) is 8.43. The van der Waals surface area contributed by atoms with Crippen LogP contribution in [0.2, 0.25) is 0 Å². The smallest absolute Gasteiger partial charge is 0.00731 e. The minimum Gasteiger partial charge on any atom is -0.0622 e. The molecule has 0 fully saturated rings. The van der Waals surface area contributed by atoms with E-state index in [1.165, 1.54) is 325 Å². The molecule has 0 N–H and O–H groups in total. The molecule has 13 rings (SSSR count). The van der Waals surface area contributed by atoms with Crippen molar-refractivity contribution in [2.75, 3.05) is 0 Å². The Labute approximate surface area is 542 Å². The lowest BCUT2D eigenvalue weighted by molar-refractivity contribution is 0.551. The fourth-order valence-electron chi connectivity index (χ4n) is 16.7. The summed E-state index contributed by atoms with van der Waals surface area (Å²) in [6.07, 6.45) is 46.8. The minimum atomic E-state index is 1.11. The molecule has 0 amide bonds. The van der Waals surface area contributed by atoms with Crippen LogP contribution in [0.4, 0.5) is 0 Å². The van der Waals surface area contributed by atoms with E-state index in [2.05, 4.69) is 182 Å². The molecule has 3 aliphatic carbocycles. The average molecular weight is 1180 g/mol. The first-order valence-electron chi connectivity index (χ1n) is 36.8. The van der Waals surface area contributed by atoms with Crippen molar-refractivity contribution in [1.82, 2.24) is 0 Å². The van der Waals surface area contributed by atoms with E-state index in [0.717, 1.165) is 38.5 Å². The lowest BCUT2D eigenvalue weighted by Gasteiger charge is -2.21. The third-order valence-corrected chi connectivity index (χ3v) is 21.6. The highest BCUT2D eigenvalue weighted by Gasteiger charge is 2.22. The zero-order valence-electron chi connectivity index (χ0n) is 54.8. The van der Waals surface area contributed by atoms with Crippen molar-refractivity contribution in [3.8, 4) is 66.8 Å². The fourth-order valence-corrected chi connectivity index (χ4v) is 16.7. The Kier molecular flexibility index (Phi) is 21.5. The van der Waals surface area contributed by atoms with E-state index in [1.54, 1.807) is 0 Å². The van der Waals surface area contributed by atoms with Gasteiger partial charge in [0, 0.05) is 0 Å². The molecule has 0 atom stereocenters. The van der Waals surface area contributed by atoms with Gasteiger partial charge in [-0.2, -0.15) is 0 Å². The topological polar surface area (TPSA) is 0 Å². The highest BCUT2D eigenvalue weighted by atomic mass is 14.3. The second kappa shape index (κ2) is 31.3. The second-order valence-corrected chi connectivity index (χ2v) is 27.9. The summed E-state index contributed by atoms with van der Waals surface area (Å²) < 4.78 is 0. The van der Waals surface area contributed by atoms with E-state index in [-0.39, 0.29) is 0 Å². The number of hydrogen-bond donors (Lipinski definition) is 0. The van der Waals surface area contributed by atoms with E-state index in [0.29, 0.717) is 0 Å². The second-order valence-electron chi connectivity index (χ2n) is 27.9. The van der Waals surface area contributed by atoms with Crippen LogP contribution in [-0.2, 0) is 38.5 Å². The molecule has 3 aliphatic rings. The van der Waals surface area contributed by atoms with Crippen molar-refractivity contribution in [3.63, 3.8) is 0 Å². The summed E-state index contributed by atoms with van der Waals surface area (Å²) >= 11 is 0. The van der Waals surface area contributed by atoms with Crippen molar-refractivity contribution in [2.45, 2.75) is 231 Å². The van der Waals surface area contributed by atoms with E-state index >= 15 is 0 Å². The predicted octanol–water partition coefficient (Wildman–Crippen LogP) is 27.1. The van der Waals surface area contributed by atoms with Crippen LogP contribution in [0.3, 0.4) is 0 Å². The molecule has 9 bridgehead atoms. The maximum atomic E-state index is 2.55. The average Bonchev–Trinajstić information content (AvgIpc) is 0.817. The molecule has 0 unspecified atom stereocenters. The molecule has 462 valence electrons. The normalized spacial score (nSPS) is 17.1. The maximum absolute atomic E-state index is 2.55. The van der Waals surface area contributed by atoms with Crippen LogP contribution in [0.15, 0.2) is 182 Å². The van der Waals surface area contributed by atoms with Gasteiger partial charge in [-0.1, -0.05) is 336 Å². The van der Waals surface area contributed by atoms with Crippen molar-refractivity contribution in [2.24, 2.45) is 0 Å². The molecule has 10 aromatic rings. The number of rotatable bonds is 6. The monoisotopic (exact) mass is 1180 g/mol. The molecule has 0 spiro atoms. The molecule has 0 heteroatoms. The van der Waals surface area contributed by atoms with Crippen molar-refractivity contribution >= 4 is 32.3 Å². The summed E-state index contributed by atoms with van der Waals surface area (Å²) in [6.45, 7) is 0. The van der Waals surface area contributed by atoms with Crippen LogP contribution in [0.1, 0.15) is 226 Å². The lowest BCUT2D eigenvalue weighted by atomic mass is 9.83. The zero-order valence-corrected chi connectivity index (χ0v) is 54.8. The minimum absolute atomic E-state index is 1.11. The van der Waals surface area contributed by atoms with Crippen LogP contribution >= 0.6 is 0 Å². The standard InChI is InChI=1S/C90H102/c1-3-9-15-21-29-43-71-57-61-79-81(63-55-69(41-27-19-13-7-1)85(79)67-37-33-25-34-38-67)87(71)75-47-51-77(52-48-75)89-73-45-31-23-17-11-5-6-12-18-24-32-46-74-60-65-83(89)84(66-59-73)90(74)78-53-49-76(50-54-78)88-72-44-30-22-16-10-4-2-8-14-20-28-42-70-56-64-82(88)80(62-58-72)86(70)68-39-35-26-36-40-68/h25-26,33-40,47-66H,1-24,27-32,41-46H2. The number of aryl methyl sites for hydroxylation is 6. The molecule has 10 aromatic carbocycles. The van der Waals surface area contributed by atoms with Crippen LogP contribution < -0.4 is 0 Å². The summed E-state index contributed by atoms with van der Waals surface area (Å²) in [4.78, 5) is 0. The van der Waals surface area contributed by atoms with Gasteiger partial charge >= 0.3 is 0 Å². The van der Waals surface area contributed by atoms with Gasteiger partial charge in [-0.3, -0.25) is 0 Å². The summed E-state index contributed by atoms with van der Waals surface area (Å²) in [6, 6.07) is 73.0. The Morgan fingerprint density at radius 2 is 0.267 bits per heavy atom. The first-order chi connectivity index (χ1) is 44.7. The van der Waals surface area contributed by atoms with Gasteiger partial charge in [0.2, 0.25) is 0 Å². The number of hydrogen-bond acceptors (Lipinski definition) is 0. The van der Waals surface area contributed by atoms with Crippen molar-refractivity contribution < 1.29 is 0 Å². The number of benzene rings is 10. The van der Waals surface area contributed by atoms with Gasteiger partial charge in [0.25, 0.3) is 0 Å². The fraction of sp³-hybridized carbons (Fsp3) is 0.400. The molecular weight excluding hydrogens is 1080 g/mol. The third kappa shape index (κ3) is 14.7. The molecular formula is C90H102. The van der Waals surface area contributed by atoms with Gasteiger partial charge in [0.15, 0.2) is 0 Å². The summed E-state index contributed by atoms with van der Waals surface area (Å²) in [5.74, 6) is 0. The quantitative estimate of drug-likeness (QED) is 0.156. The third-order valence-electron chi connectivity index (χ3n) is 21.6. The number of fused-ring (bicyclic) bond motifs is 9. The van der Waals surface area contributed by atoms with Crippen molar-refractivity contribution in [3.05, 3.63) is 215 Å². The van der Waals surface area contributed by atoms with Gasteiger partial charge in [-0.05, 0) is 210 Å². The van der Waals surface area contributed by atoms with Gasteiger partial charge in [0.05, 0.1) is 0 Å². The molecule has 0 nitrogen and oxygen atoms in total. The van der Waals surface area contributed by atoms with Crippen LogP contribution in [0, 0.1) is 0 Å². The largest absolute Gasteiger partial charge is 0.0622 e. The first kappa shape index (κ1) is 61.8. The van der Waals surface area contributed by atoms with Crippen LogP contribution in [-0.4, -0.2) is 0 Å². The summed E-state index contributed by atoms with van der Waals surface area (Å²) in [7, 11) is 0. The Morgan fingerprint density at radius 1 is 0.122 bits per heavy atom.